The Kier molecular flexibility index (Phi) is 4.98. The van der Waals surface area contributed by atoms with E-state index >= 15 is 0 Å². The van der Waals surface area contributed by atoms with Crippen LogP contribution in [-0.4, -0.2) is 35.2 Å². The molecule has 1 aliphatic heterocycles. The number of imidazole rings is 1. The number of nitrogens with one attached hydrogen (secondary N) is 1. The molecule has 5 nitrogen and oxygen atoms in total. The van der Waals surface area contributed by atoms with Crippen LogP contribution in [-0.2, 0) is 16.1 Å². The molecule has 1 aliphatic carbocycles. The van der Waals surface area contributed by atoms with Gasteiger partial charge in [-0.1, -0.05) is 38.3 Å². The third-order valence-electron chi connectivity index (χ3n) is 5.83. The van der Waals surface area contributed by atoms with Gasteiger partial charge in [-0.2, -0.15) is 0 Å². The minimum absolute atomic E-state index is 0.116. The van der Waals surface area contributed by atoms with E-state index in [1.807, 2.05) is 6.07 Å². The fraction of sp³-hybridized carbons (Fsp3) is 0.619. The zero-order valence-electron chi connectivity index (χ0n) is 15.7. The number of aryl methyl sites for hydroxylation is 1. The summed E-state index contributed by atoms with van der Waals surface area (Å²) in [5, 5.41) is 3.08. The topological polar surface area (TPSA) is 56.2 Å². The number of ether oxygens (including phenoxy) is 1. The molecule has 2 heterocycles. The maximum absolute atomic E-state index is 12.4. The molecular formula is C21H29N3O2. The van der Waals surface area contributed by atoms with E-state index in [2.05, 4.69) is 35.0 Å². The Bertz CT molecular complexity index is 773. The number of para-hydroxylation sites is 2. The number of carbonyl (C=O) groups is 1. The highest BCUT2D eigenvalue weighted by Crippen LogP contribution is 2.34. The molecule has 5 heteroatoms. The summed E-state index contributed by atoms with van der Waals surface area (Å²) in [7, 11) is 0. The van der Waals surface area contributed by atoms with Crippen LogP contribution in [0.2, 0.25) is 0 Å². The highest BCUT2D eigenvalue weighted by molar-refractivity contribution is 5.78. The maximum atomic E-state index is 12.4. The van der Waals surface area contributed by atoms with E-state index in [4.69, 9.17) is 9.72 Å². The molecule has 1 saturated carbocycles. The van der Waals surface area contributed by atoms with Gasteiger partial charge in [-0.25, -0.2) is 4.98 Å². The van der Waals surface area contributed by atoms with Crippen molar-refractivity contribution < 1.29 is 9.53 Å². The number of carbonyl (C=O) groups excluding carboxylic acids is 1. The lowest BCUT2D eigenvalue weighted by Gasteiger charge is -2.38. The summed E-state index contributed by atoms with van der Waals surface area (Å²) in [6, 6.07) is 8.30. The summed E-state index contributed by atoms with van der Waals surface area (Å²) in [4.78, 5) is 17.3. The molecule has 0 radical (unpaired) electrons. The third-order valence-corrected chi connectivity index (χ3v) is 5.83. The zero-order chi connectivity index (χ0) is 18.0. The second-order valence-electron chi connectivity index (χ2n) is 8.28. The van der Waals surface area contributed by atoms with Crippen molar-refractivity contribution in [2.75, 3.05) is 19.8 Å². The average molecular weight is 355 g/mol. The van der Waals surface area contributed by atoms with E-state index in [9.17, 15) is 4.79 Å². The van der Waals surface area contributed by atoms with Crippen LogP contribution in [0.3, 0.4) is 0 Å². The monoisotopic (exact) mass is 355 g/mol. The highest BCUT2D eigenvalue weighted by atomic mass is 16.5. The molecule has 0 spiro atoms. The molecule has 2 aromatic rings. The zero-order valence-corrected chi connectivity index (χ0v) is 15.7. The average Bonchev–Trinajstić information content (AvgIpc) is 3.02. The standard InChI is InChI=1S/C21H29N3O2/c1-21(14-26-15-21)13-22-19(25)11-12-24-18-10-6-5-9-17(18)23-20(24)16-7-3-2-4-8-16/h5-6,9-10,16H,2-4,7-8,11-15H2,1H3,(H,22,25). The van der Waals surface area contributed by atoms with Gasteiger partial charge in [-0.05, 0) is 25.0 Å². The first-order valence-corrected chi connectivity index (χ1v) is 9.94. The van der Waals surface area contributed by atoms with Gasteiger partial charge in [0, 0.05) is 30.8 Å². The normalized spacial score (nSPS) is 20.0. The first-order chi connectivity index (χ1) is 12.6. The highest BCUT2D eigenvalue weighted by Gasteiger charge is 2.33. The molecule has 4 rings (SSSR count). The van der Waals surface area contributed by atoms with Crippen LogP contribution in [0.25, 0.3) is 11.0 Å². The number of hydrogen-bond donors (Lipinski definition) is 1. The van der Waals surface area contributed by atoms with Gasteiger partial charge in [-0.3, -0.25) is 4.79 Å². The molecule has 1 N–H and O–H groups in total. The van der Waals surface area contributed by atoms with Crippen molar-refractivity contribution in [3.8, 4) is 0 Å². The van der Waals surface area contributed by atoms with E-state index in [0.29, 0.717) is 25.4 Å². The Hall–Kier alpha value is -1.88. The number of rotatable bonds is 6. The second kappa shape index (κ2) is 7.39. The Labute approximate surface area is 155 Å². The largest absolute Gasteiger partial charge is 0.380 e. The second-order valence-corrected chi connectivity index (χ2v) is 8.28. The lowest BCUT2D eigenvalue weighted by atomic mass is 9.88. The SMILES string of the molecule is CC1(CNC(=O)CCn2c(C3CCCCC3)nc3ccccc32)COC1. The van der Waals surface area contributed by atoms with Gasteiger partial charge in [0.15, 0.2) is 0 Å². The van der Waals surface area contributed by atoms with Crippen LogP contribution in [0, 0.1) is 5.41 Å². The van der Waals surface area contributed by atoms with Crippen LogP contribution in [0.4, 0.5) is 0 Å². The molecule has 1 saturated heterocycles. The predicted octanol–water partition coefficient (Wildman–Crippen LogP) is 3.63. The molecule has 0 atom stereocenters. The first kappa shape index (κ1) is 17.5. The summed E-state index contributed by atoms with van der Waals surface area (Å²) < 4.78 is 7.55. The molecule has 1 amide bonds. The minimum atomic E-state index is 0.116. The van der Waals surface area contributed by atoms with Gasteiger partial charge in [0.05, 0.1) is 24.2 Å². The van der Waals surface area contributed by atoms with Crippen molar-refractivity contribution in [3.63, 3.8) is 0 Å². The minimum Gasteiger partial charge on any atom is -0.380 e. The predicted molar refractivity (Wildman–Crippen MR) is 102 cm³/mol. The van der Waals surface area contributed by atoms with Gasteiger partial charge in [0.2, 0.25) is 5.91 Å². The molecule has 0 unspecified atom stereocenters. The van der Waals surface area contributed by atoms with Crippen LogP contribution in [0.15, 0.2) is 24.3 Å². The van der Waals surface area contributed by atoms with Crippen LogP contribution >= 0.6 is 0 Å². The molecule has 2 fully saturated rings. The van der Waals surface area contributed by atoms with E-state index in [-0.39, 0.29) is 11.3 Å². The molecule has 1 aromatic carbocycles. The Morgan fingerprint density at radius 3 is 2.77 bits per heavy atom. The summed E-state index contributed by atoms with van der Waals surface area (Å²) in [5.41, 5.74) is 2.32. The van der Waals surface area contributed by atoms with Crippen molar-refractivity contribution >= 4 is 16.9 Å². The fourth-order valence-electron chi connectivity index (χ4n) is 4.17. The summed E-state index contributed by atoms with van der Waals surface area (Å²) >= 11 is 0. The van der Waals surface area contributed by atoms with Crippen molar-refractivity contribution in [1.82, 2.24) is 14.9 Å². The maximum Gasteiger partial charge on any atom is 0.221 e. The lowest BCUT2D eigenvalue weighted by Crippen LogP contribution is -2.48. The van der Waals surface area contributed by atoms with Crippen molar-refractivity contribution in [2.24, 2.45) is 5.41 Å². The number of benzene rings is 1. The number of nitrogens with zero attached hydrogens (tertiary/aromatic N) is 2. The molecule has 140 valence electrons. The number of amides is 1. The quantitative estimate of drug-likeness (QED) is 0.861. The first-order valence-electron chi connectivity index (χ1n) is 9.94. The number of hydrogen-bond acceptors (Lipinski definition) is 3. The fourth-order valence-corrected chi connectivity index (χ4v) is 4.17. The van der Waals surface area contributed by atoms with E-state index in [1.54, 1.807) is 0 Å². The van der Waals surface area contributed by atoms with Crippen molar-refractivity contribution in [2.45, 2.75) is 57.9 Å². The number of aromatic nitrogens is 2. The Morgan fingerprint density at radius 2 is 2.04 bits per heavy atom. The molecule has 2 aliphatic rings. The van der Waals surface area contributed by atoms with E-state index < -0.39 is 0 Å². The van der Waals surface area contributed by atoms with Crippen LogP contribution in [0.1, 0.15) is 57.2 Å². The molecular weight excluding hydrogens is 326 g/mol. The number of fused-ring (bicyclic) bond motifs is 1. The van der Waals surface area contributed by atoms with Gasteiger partial charge < -0.3 is 14.6 Å². The van der Waals surface area contributed by atoms with Crippen molar-refractivity contribution in [1.29, 1.82) is 0 Å². The smallest absolute Gasteiger partial charge is 0.221 e. The van der Waals surface area contributed by atoms with Gasteiger partial charge >= 0.3 is 0 Å². The Balaban J connectivity index is 1.46. The van der Waals surface area contributed by atoms with Crippen molar-refractivity contribution in [3.05, 3.63) is 30.1 Å². The summed E-state index contributed by atoms with van der Waals surface area (Å²) in [5.74, 6) is 1.83. The van der Waals surface area contributed by atoms with Gasteiger partial charge in [-0.15, -0.1) is 0 Å². The summed E-state index contributed by atoms with van der Waals surface area (Å²) in [6.07, 6.45) is 6.84. The van der Waals surface area contributed by atoms with Crippen LogP contribution in [0.5, 0.6) is 0 Å². The lowest BCUT2D eigenvalue weighted by molar-refractivity contribution is -0.127. The molecule has 1 aromatic heterocycles. The van der Waals surface area contributed by atoms with Gasteiger partial charge in [0.1, 0.15) is 5.82 Å². The van der Waals surface area contributed by atoms with Gasteiger partial charge in [0.25, 0.3) is 0 Å². The van der Waals surface area contributed by atoms with Crippen LogP contribution < -0.4 is 5.32 Å². The summed E-state index contributed by atoms with van der Waals surface area (Å²) in [6.45, 7) is 5.04. The molecule has 0 bridgehead atoms. The van der Waals surface area contributed by atoms with E-state index in [1.165, 1.54) is 37.9 Å². The third kappa shape index (κ3) is 3.63. The van der Waals surface area contributed by atoms with E-state index in [0.717, 1.165) is 24.2 Å². The molecule has 26 heavy (non-hydrogen) atoms. The Morgan fingerprint density at radius 1 is 1.27 bits per heavy atom.